The largest absolute Gasteiger partial charge is 0.135 e. The second-order valence-electron chi connectivity index (χ2n) is 5.12. The Labute approximate surface area is 134 Å². The fourth-order valence-corrected chi connectivity index (χ4v) is 4.81. The summed E-state index contributed by atoms with van der Waals surface area (Å²) in [4.78, 5) is 0. The Morgan fingerprint density at radius 3 is 1.47 bits per heavy atom. The molecule has 0 fully saturated rings. The van der Waals surface area contributed by atoms with Gasteiger partial charge in [-0.05, 0) is 62.1 Å². The molecule has 0 saturated carbocycles. The quantitative estimate of drug-likeness (QED) is 0.390. The number of thiophene rings is 1. The number of benzene rings is 2. The lowest BCUT2D eigenvalue weighted by atomic mass is 10.0. The fourth-order valence-electron chi connectivity index (χ4n) is 2.65. The summed E-state index contributed by atoms with van der Waals surface area (Å²) in [5.41, 5.74) is 5.32. The van der Waals surface area contributed by atoms with E-state index in [1.807, 2.05) is 11.3 Å². The molecule has 0 amide bonds. The normalized spacial score (nSPS) is 11.7. The lowest BCUT2D eigenvalue weighted by molar-refractivity contribution is 1.39. The van der Waals surface area contributed by atoms with Gasteiger partial charge in [-0.3, -0.25) is 0 Å². The molecule has 0 aliphatic heterocycles. The molecule has 1 heterocycles. The molecule has 0 aliphatic carbocycles. The first-order valence-electron chi connectivity index (χ1n) is 6.19. The van der Waals surface area contributed by atoms with Crippen molar-refractivity contribution in [2.24, 2.45) is 0 Å². The molecular weight excluding hydrogens is 384 g/mol. The van der Waals surface area contributed by atoms with Gasteiger partial charge in [0.2, 0.25) is 0 Å². The first-order chi connectivity index (χ1) is 8.91. The number of hydrogen-bond donors (Lipinski definition) is 0. The minimum atomic E-state index is 1.24. The van der Waals surface area contributed by atoms with Crippen LogP contribution >= 0.6 is 43.2 Å². The molecule has 2 aromatic carbocycles. The highest BCUT2D eigenvalue weighted by Crippen LogP contribution is 2.43. The SMILES string of the molecule is Cc1cc2c(sc3c(C)c(Br)c(C)cc32)c(C)c1Br. The van der Waals surface area contributed by atoms with Crippen LogP contribution in [0.3, 0.4) is 0 Å². The third-order valence-corrected chi connectivity index (χ3v) is 7.64. The Morgan fingerprint density at radius 1 is 0.737 bits per heavy atom. The maximum Gasteiger partial charge on any atom is 0.0396 e. The molecule has 0 N–H and O–H groups in total. The van der Waals surface area contributed by atoms with Crippen LogP contribution < -0.4 is 0 Å². The van der Waals surface area contributed by atoms with Crippen molar-refractivity contribution in [1.29, 1.82) is 0 Å². The summed E-state index contributed by atoms with van der Waals surface area (Å²) in [7, 11) is 0. The van der Waals surface area contributed by atoms with Crippen LogP contribution in [0.25, 0.3) is 20.2 Å². The molecule has 3 heteroatoms. The zero-order chi connectivity index (χ0) is 13.9. The van der Waals surface area contributed by atoms with Gasteiger partial charge >= 0.3 is 0 Å². The van der Waals surface area contributed by atoms with Crippen LogP contribution in [0.4, 0.5) is 0 Å². The van der Waals surface area contributed by atoms with Crippen LogP contribution in [0.15, 0.2) is 21.1 Å². The van der Waals surface area contributed by atoms with Gasteiger partial charge in [0, 0.05) is 29.1 Å². The highest BCUT2D eigenvalue weighted by atomic mass is 79.9. The van der Waals surface area contributed by atoms with Gasteiger partial charge in [0.05, 0.1) is 0 Å². The van der Waals surface area contributed by atoms with E-state index in [9.17, 15) is 0 Å². The lowest BCUT2D eigenvalue weighted by Gasteiger charge is -2.05. The van der Waals surface area contributed by atoms with Crippen molar-refractivity contribution in [3.8, 4) is 0 Å². The summed E-state index contributed by atoms with van der Waals surface area (Å²) < 4.78 is 5.26. The Hall–Kier alpha value is -0.380. The van der Waals surface area contributed by atoms with Gasteiger partial charge in [-0.25, -0.2) is 0 Å². The van der Waals surface area contributed by atoms with Gasteiger partial charge in [-0.1, -0.05) is 31.9 Å². The number of rotatable bonds is 0. The molecule has 0 unspecified atom stereocenters. The predicted octanol–water partition coefficient (Wildman–Crippen LogP) is 6.81. The van der Waals surface area contributed by atoms with Crippen LogP contribution in [0.1, 0.15) is 22.3 Å². The Morgan fingerprint density at radius 2 is 1.11 bits per heavy atom. The van der Waals surface area contributed by atoms with Crippen molar-refractivity contribution in [3.63, 3.8) is 0 Å². The van der Waals surface area contributed by atoms with E-state index >= 15 is 0 Å². The molecule has 19 heavy (non-hydrogen) atoms. The first-order valence-corrected chi connectivity index (χ1v) is 8.59. The lowest BCUT2D eigenvalue weighted by Crippen LogP contribution is -1.83. The van der Waals surface area contributed by atoms with Crippen molar-refractivity contribution >= 4 is 63.4 Å². The average molecular weight is 398 g/mol. The fraction of sp³-hybridized carbons (Fsp3) is 0.250. The van der Waals surface area contributed by atoms with Crippen LogP contribution in [0, 0.1) is 27.7 Å². The van der Waals surface area contributed by atoms with Gasteiger partial charge in [0.15, 0.2) is 0 Å². The smallest absolute Gasteiger partial charge is 0.0396 e. The van der Waals surface area contributed by atoms with Gasteiger partial charge in [-0.15, -0.1) is 11.3 Å². The maximum atomic E-state index is 3.70. The van der Waals surface area contributed by atoms with Crippen molar-refractivity contribution in [2.75, 3.05) is 0 Å². The molecule has 0 spiro atoms. The van der Waals surface area contributed by atoms with E-state index < -0.39 is 0 Å². The molecule has 0 bridgehead atoms. The van der Waals surface area contributed by atoms with Crippen LogP contribution in [0.2, 0.25) is 0 Å². The number of aryl methyl sites for hydroxylation is 4. The van der Waals surface area contributed by atoms with E-state index in [0.717, 1.165) is 0 Å². The van der Waals surface area contributed by atoms with Crippen molar-refractivity contribution in [2.45, 2.75) is 27.7 Å². The summed E-state index contributed by atoms with van der Waals surface area (Å²) in [6.45, 7) is 8.73. The van der Waals surface area contributed by atoms with Gasteiger partial charge < -0.3 is 0 Å². The van der Waals surface area contributed by atoms with E-state index in [1.54, 1.807) is 0 Å². The standard InChI is InChI=1S/C16H14Br2S/c1-7-5-11-12-6-8(2)14(18)10(4)16(12)19-15(11)9(3)13(7)17/h5-6H,1-4H3. The third kappa shape index (κ3) is 1.90. The third-order valence-electron chi connectivity index (χ3n) is 3.74. The Bertz CT molecular complexity index is 760. The average Bonchev–Trinajstić information content (AvgIpc) is 2.73. The number of hydrogen-bond acceptors (Lipinski definition) is 1. The van der Waals surface area contributed by atoms with Crippen molar-refractivity contribution < 1.29 is 0 Å². The van der Waals surface area contributed by atoms with E-state index in [1.165, 1.54) is 51.4 Å². The van der Waals surface area contributed by atoms with E-state index in [2.05, 4.69) is 71.7 Å². The maximum absolute atomic E-state index is 3.70. The molecule has 0 nitrogen and oxygen atoms in total. The molecule has 98 valence electrons. The summed E-state index contributed by atoms with van der Waals surface area (Å²) in [6, 6.07) is 4.61. The number of fused-ring (bicyclic) bond motifs is 3. The molecule has 0 atom stereocenters. The molecule has 1 aromatic heterocycles. The van der Waals surface area contributed by atoms with Crippen molar-refractivity contribution in [3.05, 3.63) is 43.3 Å². The molecule has 3 rings (SSSR count). The summed E-state index contributed by atoms with van der Waals surface area (Å²) in [5, 5.41) is 2.77. The van der Waals surface area contributed by atoms with Gasteiger partial charge in [0.25, 0.3) is 0 Å². The van der Waals surface area contributed by atoms with Crippen molar-refractivity contribution in [1.82, 2.24) is 0 Å². The van der Waals surface area contributed by atoms with E-state index in [4.69, 9.17) is 0 Å². The van der Waals surface area contributed by atoms with Crippen LogP contribution in [-0.2, 0) is 0 Å². The van der Waals surface area contributed by atoms with Crippen LogP contribution in [0.5, 0.6) is 0 Å². The number of halogens is 2. The predicted molar refractivity (Wildman–Crippen MR) is 93.7 cm³/mol. The Kier molecular flexibility index (Phi) is 3.27. The summed E-state index contributed by atoms with van der Waals surface area (Å²) >= 11 is 9.31. The molecule has 0 aliphatic rings. The second kappa shape index (κ2) is 4.57. The van der Waals surface area contributed by atoms with E-state index in [0.29, 0.717) is 0 Å². The highest BCUT2D eigenvalue weighted by molar-refractivity contribution is 9.11. The van der Waals surface area contributed by atoms with Crippen LogP contribution in [-0.4, -0.2) is 0 Å². The van der Waals surface area contributed by atoms with Gasteiger partial charge in [0.1, 0.15) is 0 Å². The molecular formula is C16H14Br2S. The van der Waals surface area contributed by atoms with Gasteiger partial charge in [-0.2, -0.15) is 0 Å². The summed E-state index contributed by atoms with van der Waals surface area (Å²) in [5.74, 6) is 0. The second-order valence-corrected chi connectivity index (χ2v) is 7.73. The minimum Gasteiger partial charge on any atom is -0.135 e. The molecule has 0 saturated heterocycles. The topological polar surface area (TPSA) is 0 Å². The zero-order valence-electron chi connectivity index (χ0n) is 11.3. The Balaban J connectivity index is 2.61. The zero-order valence-corrected chi connectivity index (χ0v) is 15.3. The highest BCUT2D eigenvalue weighted by Gasteiger charge is 2.15. The monoisotopic (exact) mass is 396 g/mol. The molecule has 0 radical (unpaired) electrons. The molecule has 3 aromatic rings. The summed E-state index contributed by atoms with van der Waals surface area (Å²) in [6.07, 6.45) is 0. The first kappa shape index (κ1) is 13.6. The van der Waals surface area contributed by atoms with E-state index in [-0.39, 0.29) is 0 Å². The minimum absolute atomic E-state index is 1.24.